The normalized spacial score (nSPS) is 11.3. The summed E-state index contributed by atoms with van der Waals surface area (Å²) in [6, 6.07) is 4.22. The molecule has 0 aliphatic rings. The lowest BCUT2D eigenvalue weighted by Crippen LogP contribution is -2.21. The van der Waals surface area contributed by atoms with Gasteiger partial charge in [0.2, 0.25) is 0 Å². The smallest absolute Gasteiger partial charge is 0.307 e. The number of hydrogen-bond acceptors (Lipinski definition) is 4. The first-order valence-corrected chi connectivity index (χ1v) is 7.34. The van der Waals surface area contributed by atoms with Gasteiger partial charge in [0.15, 0.2) is 0 Å². The van der Waals surface area contributed by atoms with E-state index in [9.17, 15) is 10.1 Å². The maximum atomic E-state index is 11.2. The SMILES string of the molecule is Cc1c(CC(=O)O)cc(Cn2cncn2)c(C)c1C(C)(C)C#N. The Bertz CT molecular complexity index is 771. The van der Waals surface area contributed by atoms with Crippen LogP contribution in [0.2, 0.25) is 0 Å². The van der Waals surface area contributed by atoms with Crippen molar-refractivity contribution in [2.45, 2.75) is 46.1 Å². The van der Waals surface area contributed by atoms with Crippen LogP contribution in [0.4, 0.5) is 0 Å². The lowest BCUT2D eigenvalue weighted by atomic mass is 9.77. The summed E-state index contributed by atoms with van der Waals surface area (Å²) >= 11 is 0. The third-order valence-corrected chi connectivity index (χ3v) is 4.11. The molecule has 1 N–H and O–H groups in total. The summed E-state index contributed by atoms with van der Waals surface area (Å²) in [6.45, 7) is 8.06. The third kappa shape index (κ3) is 3.39. The molecule has 0 spiro atoms. The standard InChI is InChI=1S/C17H20N4O2/c1-11-13(6-15(22)23)5-14(7-21-10-19-9-20-21)12(2)16(11)17(3,4)8-18/h5,9-10H,6-7H2,1-4H3,(H,22,23). The molecule has 0 bridgehead atoms. The zero-order valence-electron chi connectivity index (χ0n) is 13.8. The number of carbonyl (C=O) groups is 1. The van der Waals surface area contributed by atoms with E-state index in [1.165, 1.54) is 6.33 Å². The maximum Gasteiger partial charge on any atom is 0.307 e. The van der Waals surface area contributed by atoms with Crippen molar-refractivity contribution in [2.24, 2.45) is 0 Å². The Morgan fingerprint density at radius 2 is 2.00 bits per heavy atom. The van der Waals surface area contributed by atoms with Crippen molar-refractivity contribution in [3.8, 4) is 6.07 Å². The number of hydrogen-bond donors (Lipinski definition) is 1. The molecule has 6 heteroatoms. The summed E-state index contributed by atoms with van der Waals surface area (Å²) in [5.41, 5.74) is 3.76. The number of nitriles is 1. The van der Waals surface area contributed by atoms with Gasteiger partial charge in [0, 0.05) is 0 Å². The molecule has 0 aliphatic heterocycles. The number of nitrogens with zero attached hydrogens (tertiary/aromatic N) is 4. The molecule has 6 nitrogen and oxygen atoms in total. The molecule has 1 aromatic carbocycles. The van der Waals surface area contributed by atoms with Crippen LogP contribution in [0.5, 0.6) is 0 Å². The molecule has 0 fully saturated rings. The average molecular weight is 312 g/mol. The van der Waals surface area contributed by atoms with Gasteiger partial charge in [0.25, 0.3) is 0 Å². The van der Waals surface area contributed by atoms with E-state index in [4.69, 9.17) is 5.11 Å². The van der Waals surface area contributed by atoms with E-state index in [0.717, 1.165) is 27.8 Å². The maximum absolute atomic E-state index is 11.2. The largest absolute Gasteiger partial charge is 0.481 e. The summed E-state index contributed by atoms with van der Waals surface area (Å²) in [6.07, 6.45) is 3.01. The lowest BCUT2D eigenvalue weighted by molar-refractivity contribution is -0.136. The van der Waals surface area contributed by atoms with E-state index in [1.807, 2.05) is 33.8 Å². The van der Waals surface area contributed by atoms with Crippen LogP contribution in [0.1, 0.15) is 41.7 Å². The van der Waals surface area contributed by atoms with E-state index < -0.39 is 11.4 Å². The van der Waals surface area contributed by atoms with Gasteiger partial charge in [-0.05, 0) is 55.5 Å². The first-order valence-electron chi connectivity index (χ1n) is 7.34. The van der Waals surface area contributed by atoms with E-state index in [0.29, 0.717) is 6.54 Å². The van der Waals surface area contributed by atoms with Crippen LogP contribution in [0.3, 0.4) is 0 Å². The molecule has 0 radical (unpaired) electrons. The molecule has 0 saturated carbocycles. The number of aromatic nitrogens is 3. The minimum absolute atomic E-state index is 0.0645. The Morgan fingerprint density at radius 3 is 2.52 bits per heavy atom. The van der Waals surface area contributed by atoms with Crippen molar-refractivity contribution >= 4 is 5.97 Å². The van der Waals surface area contributed by atoms with Crippen LogP contribution >= 0.6 is 0 Å². The predicted octanol–water partition coefficient (Wildman–Crippen LogP) is 2.37. The highest BCUT2D eigenvalue weighted by Crippen LogP contribution is 2.33. The second-order valence-electron chi connectivity index (χ2n) is 6.22. The Morgan fingerprint density at radius 1 is 1.35 bits per heavy atom. The van der Waals surface area contributed by atoms with Crippen LogP contribution in [0.15, 0.2) is 18.7 Å². The van der Waals surface area contributed by atoms with Crippen molar-refractivity contribution < 1.29 is 9.90 Å². The second kappa shape index (κ2) is 6.21. The average Bonchev–Trinajstić information content (AvgIpc) is 2.96. The summed E-state index contributed by atoms with van der Waals surface area (Å²) in [5.74, 6) is -0.885. The van der Waals surface area contributed by atoms with Gasteiger partial charge in [-0.2, -0.15) is 10.4 Å². The fourth-order valence-electron chi connectivity index (χ4n) is 3.02. The molecule has 0 amide bonds. The highest BCUT2D eigenvalue weighted by atomic mass is 16.4. The Hall–Kier alpha value is -2.68. The number of rotatable bonds is 5. The molecule has 23 heavy (non-hydrogen) atoms. The van der Waals surface area contributed by atoms with Crippen LogP contribution in [-0.2, 0) is 23.2 Å². The first-order chi connectivity index (χ1) is 10.8. The molecular formula is C17H20N4O2. The van der Waals surface area contributed by atoms with Gasteiger partial charge in [-0.25, -0.2) is 9.67 Å². The number of carboxylic acid groups (broad SMARTS) is 1. The quantitative estimate of drug-likeness (QED) is 0.915. The van der Waals surface area contributed by atoms with Crippen LogP contribution in [0.25, 0.3) is 0 Å². The summed E-state index contributed by atoms with van der Waals surface area (Å²) in [5, 5.41) is 22.8. The van der Waals surface area contributed by atoms with E-state index >= 15 is 0 Å². The number of aliphatic carboxylic acids is 1. The zero-order valence-corrected chi connectivity index (χ0v) is 13.8. The van der Waals surface area contributed by atoms with Crippen LogP contribution in [-0.4, -0.2) is 25.8 Å². The minimum atomic E-state index is -0.885. The van der Waals surface area contributed by atoms with E-state index in [1.54, 1.807) is 11.0 Å². The van der Waals surface area contributed by atoms with Gasteiger partial charge in [-0.3, -0.25) is 4.79 Å². The molecule has 0 unspecified atom stereocenters. The van der Waals surface area contributed by atoms with E-state index in [2.05, 4.69) is 16.2 Å². The van der Waals surface area contributed by atoms with Crippen LogP contribution < -0.4 is 0 Å². The van der Waals surface area contributed by atoms with Crippen LogP contribution in [0, 0.1) is 25.2 Å². The molecule has 120 valence electrons. The third-order valence-electron chi connectivity index (χ3n) is 4.11. The summed E-state index contributed by atoms with van der Waals surface area (Å²) in [7, 11) is 0. The molecular weight excluding hydrogens is 292 g/mol. The molecule has 2 aromatic rings. The monoisotopic (exact) mass is 312 g/mol. The minimum Gasteiger partial charge on any atom is -0.481 e. The number of carboxylic acids is 1. The fraction of sp³-hybridized carbons (Fsp3) is 0.412. The molecule has 0 saturated heterocycles. The van der Waals surface area contributed by atoms with Crippen molar-refractivity contribution in [3.05, 3.63) is 46.5 Å². The van der Waals surface area contributed by atoms with Crippen molar-refractivity contribution in [2.75, 3.05) is 0 Å². The van der Waals surface area contributed by atoms with Crippen molar-refractivity contribution in [1.82, 2.24) is 14.8 Å². The molecule has 2 rings (SSSR count). The Kier molecular flexibility index (Phi) is 4.50. The number of benzene rings is 1. The highest BCUT2D eigenvalue weighted by molar-refractivity contribution is 5.71. The van der Waals surface area contributed by atoms with Gasteiger partial charge in [-0.15, -0.1) is 0 Å². The highest BCUT2D eigenvalue weighted by Gasteiger charge is 2.27. The molecule has 1 aromatic heterocycles. The fourth-order valence-corrected chi connectivity index (χ4v) is 3.02. The van der Waals surface area contributed by atoms with Crippen molar-refractivity contribution in [3.63, 3.8) is 0 Å². The Balaban J connectivity index is 2.65. The summed E-state index contributed by atoms with van der Waals surface area (Å²) < 4.78 is 1.69. The molecule has 1 heterocycles. The first kappa shape index (κ1) is 16.7. The molecule has 0 aliphatic carbocycles. The van der Waals surface area contributed by atoms with Gasteiger partial charge in [-0.1, -0.05) is 6.07 Å². The summed E-state index contributed by atoms with van der Waals surface area (Å²) in [4.78, 5) is 15.1. The predicted molar refractivity (Wildman–Crippen MR) is 85.0 cm³/mol. The van der Waals surface area contributed by atoms with Crippen molar-refractivity contribution in [1.29, 1.82) is 5.26 Å². The topological polar surface area (TPSA) is 91.8 Å². The zero-order chi connectivity index (χ0) is 17.2. The van der Waals surface area contributed by atoms with Gasteiger partial charge in [0.05, 0.1) is 24.4 Å². The van der Waals surface area contributed by atoms with E-state index in [-0.39, 0.29) is 6.42 Å². The van der Waals surface area contributed by atoms with Gasteiger partial charge in [0.1, 0.15) is 12.7 Å². The van der Waals surface area contributed by atoms with Gasteiger partial charge < -0.3 is 5.11 Å². The van der Waals surface area contributed by atoms with Gasteiger partial charge >= 0.3 is 5.97 Å². The second-order valence-corrected chi connectivity index (χ2v) is 6.22. The Labute approximate surface area is 135 Å². The lowest BCUT2D eigenvalue weighted by Gasteiger charge is -2.25. The molecule has 0 atom stereocenters.